The maximum atomic E-state index is 12.4. The van der Waals surface area contributed by atoms with Gasteiger partial charge in [-0.25, -0.2) is 0 Å². The molecule has 2 aliphatic rings. The van der Waals surface area contributed by atoms with Gasteiger partial charge in [-0.05, 0) is 101 Å². The number of rotatable bonds is 10. The van der Waals surface area contributed by atoms with E-state index < -0.39 is 5.41 Å². The number of carbonyl (C=O) groups excluding carboxylic acids is 1. The molecule has 1 saturated carbocycles. The van der Waals surface area contributed by atoms with Crippen LogP contribution in [0.3, 0.4) is 0 Å². The van der Waals surface area contributed by atoms with E-state index in [1.54, 1.807) is 6.20 Å². The molecule has 0 heterocycles. The van der Waals surface area contributed by atoms with E-state index in [0.717, 1.165) is 55.3 Å². The molecule has 1 amide bonds. The Labute approximate surface area is 256 Å². The molecule has 0 aromatic heterocycles. The Morgan fingerprint density at radius 2 is 1.88 bits per heavy atom. The summed E-state index contributed by atoms with van der Waals surface area (Å²) < 4.78 is 0. The molecule has 3 rings (SSSR count). The van der Waals surface area contributed by atoms with Crippen LogP contribution in [0.2, 0.25) is 0 Å². The minimum absolute atomic E-state index is 0.0314. The lowest BCUT2D eigenvalue weighted by Gasteiger charge is -2.41. The van der Waals surface area contributed by atoms with Gasteiger partial charge in [0.15, 0.2) is 5.84 Å². The summed E-state index contributed by atoms with van der Waals surface area (Å²) in [5.41, 5.74) is 9.76. The van der Waals surface area contributed by atoms with Crippen molar-refractivity contribution in [1.82, 2.24) is 10.6 Å². The molecule has 1 aromatic carbocycles. The molecule has 1 aromatic rings. The molecule has 7 N–H and O–H groups in total. The van der Waals surface area contributed by atoms with Crippen LogP contribution in [-0.2, 0) is 11.8 Å². The van der Waals surface area contributed by atoms with Gasteiger partial charge in [-0.15, -0.1) is 5.11 Å². The highest BCUT2D eigenvalue weighted by atomic mass is 16.1. The smallest absolute Gasteiger partial charge is 0.251 e. The van der Waals surface area contributed by atoms with Gasteiger partial charge < -0.3 is 22.2 Å². The predicted octanol–water partition coefficient (Wildman–Crippen LogP) is 7.52. The van der Waals surface area contributed by atoms with Gasteiger partial charge in [0.25, 0.3) is 5.91 Å². The lowest BCUT2D eigenvalue weighted by Crippen LogP contribution is -2.46. The van der Waals surface area contributed by atoms with Crippen molar-refractivity contribution in [1.29, 1.82) is 5.41 Å². The highest BCUT2D eigenvalue weighted by Gasteiger charge is 2.45. The fourth-order valence-electron chi connectivity index (χ4n) is 5.21. The Morgan fingerprint density at radius 1 is 1.21 bits per heavy atom. The van der Waals surface area contributed by atoms with Gasteiger partial charge >= 0.3 is 0 Å². The summed E-state index contributed by atoms with van der Waals surface area (Å²) in [7, 11) is 0. The van der Waals surface area contributed by atoms with E-state index in [2.05, 4.69) is 47.5 Å². The first-order valence-corrected chi connectivity index (χ1v) is 15.8. The number of nitrogens with one attached hydrogen (secondary N) is 3. The molecule has 2 unspecified atom stereocenters. The summed E-state index contributed by atoms with van der Waals surface area (Å²) in [5, 5.41) is 22.2. The molecule has 236 valence electrons. The van der Waals surface area contributed by atoms with E-state index in [0.29, 0.717) is 24.4 Å². The fraction of sp³-hybridized carbons (Fsp3) is 0.588. The minimum Gasteiger partial charge on any atom is -0.391 e. The average molecular weight is 582 g/mol. The molecule has 8 heteroatoms. The first-order chi connectivity index (χ1) is 20.3. The molecule has 2 atom stereocenters. The number of allylic oxidation sites excluding steroid dienone is 3. The van der Waals surface area contributed by atoms with E-state index >= 15 is 0 Å². The van der Waals surface area contributed by atoms with Crippen molar-refractivity contribution in [2.45, 2.75) is 111 Å². The van der Waals surface area contributed by atoms with E-state index in [1.165, 1.54) is 12.8 Å². The van der Waals surface area contributed by atoms with Crippen molar-refractivity contribution in [3.05, 3.63) is 71.5 Å². The van der Waals surface area contributed by atoms with Crippen molar-refractivity contribution >= 4 is 11.7 Å². The van der Waals surface area contributed by atoms with Crippen molar-refractivity contribution in [3.8, 4) is 0 Å². The van der Waals surface area contributed by atoms with Gasteiger partial charge in [0.05, 0.1) is 5.41 Å². The monoisotopic (exact) mass is 581 g/mol. The number of carbonyl (C=O) groups is 1. The summed E-state index contributed by atoms with van der Waals surface area (Å²) in [5.74, 6) is 5.90. The quantitative estimate of drug-likeness (QED) is 0.0370. The van der Waals surface area contributed by atoms with Crippen LogP contribution in [0.15, 0.2) is 65.1 Å². The van der Waals surface area contributed by atoms with Gasteiger partial charge in [-0.2, -0.15) is 0 Å². The number of hydrogen-bond donors (Lipinski definition) is 5. The zero-order valence-corrected chi connectivity index (χ0v) is 27.4. The highest BCUT2D eigenvalue weighted by Crippen LogP contribution is 2.46. The van der Waals surface area contributed by atoms with Gasteiger partial charge in [0.1, 0.15) is 0 Å². The lowest BCUT2D eigenvalue weighted by molar-refractivity contribution is 0.0955. The number of nitrogens with two attached hydrogens (primary N) is 2. The van der Waals surface area contributed by atoms with Crippen molar-refractivity contribution in [3.63, 3.8) is 0 Å². The molecular formula is C34H59N7O. The van der Waals surface area contributed by atoms with Crippen LogP contribution >= 0.6 is 0 Å². The first-order valence-electron chi connectivity index (χ1n) is 15.8. The van der Waals surface area contributed by atoms with Crippen LogP contribution in [0.1, 0.15) is 115 Å². The van der Waals surface area contributed by atoms with E-state index in [4.69, 9.17) is 17.0 Å². The largest absolute Gasteiger partial charge is 0.391 e. The van der Waals surface area contributed by atoms with E-state index in [9.17, 15) is 4.79 Å². The Kier molecular flexibility index (Phi) is 20.6. The third-order valence-electron chi connectivity index (χ3n) is 7.63. The summed E-state index contributed by atoms with van der Waals surface area (Å²) in [4.78, 5) is 12.4. The molecule has 0 spiro atoms. The number of fused-ring (bicyclic) bond motifs is 1. The summed E-state index contributed by atoms with van der Waals surface area (Å²) in [6.07, 6.45) is 15.6. The number of benzene rings is 1. The average Bonchev–Trinajstić information content (AvgIpc) is 3.13. The summed E-state index contributed by atoms with van der Waals surface area (Å²) in [6.45, 7) is 19.3. The maximum absolute atomic E-state index is 12.4. The number of amidine groups is 1. The predicted molar refractivity (Wildman–Crippen MR) is 180 cm³/mol. The summed E-state index contributed by atoms with van der Waals surface area (Å²) in [6, 6.07) is 5.77. The minimum atomic E-state index is -0.766. The van der Waals surface area contributed by atoms with Gasteiger partial charge in [0.2, 0.25) is 0 Å². The molecule has 2 aliphatic carbocycles. The Hall–Kier alpha value is -3.26. The lowest BCUT2D eigenvalue weighted by atomic mass is 9.64. The van der Waals surface area contributed by atoms with Crippen LogP contribution in [0.5, 0.6) is 0 Å². The van der Waals surface area contributed by atoms with Gasteiger partial charge in [0, 0.05) is 24.7 Å². The molecule has 1 fully saturated rings. The normalized spacial score (nSPS) is 18.2. The van der Waals surface area contributed by atoms with Gasteiger partial charge in [-0.3, -0.25) is 10.2 Å². The van der Waals surface area contributed by atoms with Crippen LogP contribution in [-0.4, -0.2) is 30.9 Å². The van der Waals surface area contributed by atoms with Crippen molar-refractivity contribution in [2.75, 3.05) is 13.1 Å². The molecule has 0 saturated heterocycles. The topological polar surface area (TPSA) is 142 Å². The highest BCUT2D eigenvalue weighted by molar-refractivity contribution is 5.97. The standard InChI is InChI=1S/C23H34N6O.C5H11N.C4H8.C2H6/c1-3-18-10-6-9-16-13-17(21(30)27-4-2)11-12-19(16)23(18,22(25)28-29-26)14-20(24)15-7-5-8-15;1-3-5-6-4-2;1-3-4-2;1-2/h10-13,15,20H,3-9,14,24H2,1-2H3,(H,27,30)(H3,25,26,28);4,6H,2-3,5H2,1H3;3-4H,1-2H3;1-2H3/b;;4-3-;. The molecule has 42 heavy (non-hydrogen) atoms. The van der Waals surface area contributed by atoms with E-state index in [1.807, 2.05) is 65.0 Å². The van der Waals surface area contributed by atoms with E-state index in [-0.39, 0.29) is 17.8 Å². The SMILES string of the molecule is C/C=C\C.C=CNCCC.CC.CCNC(=O)c1ccc2c(c1)CCC=C(CC)C2(CC(N)C1CCC1)C(=N)N=NN. The van der Waals surface area contributed by atoms with Crippen LogP contribution in [0, 0.1) is 11.3 Å². The van der Waals surface area contributed by atoms with Gasteiger partial charge in [-0.1, -0.05) is 75.8 Å². The van der Waals surface area contributed by atoms with Crippen LogP contribution < -0.4 is 22.2 Å². The zero-order valence-electron chi connectivity index (χ0n) is 27.4. The molecule has 8 nitrogen and oxygen atoms in total. The third kappa shape index (κ3) is 11.2. The Balaban J connectivity index is 0.00000119. The molecular weight excluding hydrogens is 522 g/mol. The first kappa shape index (κ1) is 38.7. The second kappa shape index (κ2) is 22.4. The second-order valence-corrected chi connectivity index (χ2v) is 10.2. The van der Waals surface area contributed by atoms with Crippen LogP contribution in [0.25, 0.3) is 0 Å². The summed E-state index contributed by atoms with van der Waals surface area (Å²) >= 11 is 0. The Morgan fingerprint density at radius 3 is 2.33 bits per heavy atom. The molecule has 0 bridgehead atoms. The van der Waals surface area contributed by atoms with Crippen molar-refractivity contribution < 1.29 is 4.79 Å². The number of aryl methyl sites for hydroxylation is 1. The maximum Gasteiger partial charge on any atom is 0.251 e. The third-order valence-corrected chi connectivity index (χ3v) is 7.63. The molecule has 0 radical (unpaired) electrons. The van der Waals surface area contributed by atoms with Crippen molar-refractivity contribution in [2.24, 2.45) is 27.8 Å². The fourth-order valence-corrected chi connectivity index (χ4v) is 5.21. The number of amides is 1. The number of hydrogen-bond acceptors (Lipinski definition) is 5. The molecule has 0 aliphatic heterocycles. The second-order valence-electron chi connectivity index (χ2n) is 10.2. The number of nitrogens with zero attached hydrogens (tertiary/aromatic N) is 2. The zero-order chi connectivity index (χ0) is 32.0. The van der Waals surface area contributed by atoms with Crippen LogP contribution in [0.4, 0.5) is 0 Å². The Bertz CT molecular complexity index is 1020.